The maximum Gasteiger partial charge on any atom is 0.292 e. The van der Waals surface area contributed by atoms with Crippen LogP contribution in [0, 0.1) is 0 Å². The van der Waals surface area contributed by atoms with Crippen LogP contribution >= 0.6 is 0 Å². The molecule has 0 fully saturated rings. The van der Waals surface area contributed by atoms with Crippen molar-refractivity contribution in [2.45, 2.75) is 45.1 Å². The van der Waals surface area contributed by atoms with Crippen molar-refractivity contribution in [3.05, 3.63) is 34.9 Å². The summed E-state index contributed by atoms with van der Waals surface area (Å²) in [7, 11) is 0. The average Bonchev–Trinajstić information content (AvgIpc) is 3.12. The van der Waals surface area contributed by atoms with E-state index < -0.39 is 0 Å². The highest BCUT2D eigenvalue weighted by Crippen LogP contribution is 2.27. The van der Waals surface area contributed by atoms with Gasteiger partial charge in [-0.3, -0.25) is 9.48 Å². The van der Waals surface area contributed by atoms with E-state index in [4.69, 9.17) is 4.42 Å². The highest BCUT2D eigenvalue weighted by Gasteiger charge is 2.24. The lowest BCUT2D eigenvalue weighted by molar-refractivity contribution is 0.0995. The van der Waals surface area contributed by atoms with Crippen molar-refractivity contribution in [3.63, 3.8) is 0 Å². The Kier molecular flexibility index (Phi) is 2.65. The van der Waals surface area contributed by atoms with E-state index in [1.54, 1.807) is 6.26 Å². The molecule has 0 atom stereocenters. The van der Waals surface area contributed by atoms with Crippen LogP contribution in [0.15, 0.2) is 16.7 Å². The zero-order valence-corrected chi connectivity index (χ0v) is 11.3. The summed E-state index contributed by atoms with van der Waals surface area (Å²) in [5, 5.41) is 7.30. The van der Waals surface area contributed by atoms with Crippen LogP contribution in [0.4, 0.5) is 5.82 Å². The van der Waals surface area contributed by atoms with Crippen LogP contribution in [0.2, 0.25) is 0 Å². The van der Waals surface area contributed by atoms with Gasteiger partial charge in [0.25, 0.3) is 5.91 Å². The van der Waals surface area contributed by atoms with Gasteiger partial charge < -0.3 is 9.73 Å². The number of aromatic nitrogens is 2. The molecule has 0 bridgehead atoms. The Hall–Kier alpha value is -2.04. The molecule has 0 saturated carbocycles. The topological polar surface area (TPSA) is 60.1 Å². The van der Waals surface area contributed by atoms with E-state index in [0.29, 0.717) is 11.6 Å². The molecule has 1 N–H and O–H groups in total. The first kappa shape index (κ1) is 11.8. The molecule has 2 aliphatic rings. The number of hydrogen-bond donors (Lipinski definition) is 1. The van der Waals surface area contributed by atoms with Crippen LogP contribution < -0.4 is 5.32 Å². The monoisotopic (exact) mass is 271 g/mol. The van der Waals surface area contributed by atoms with E-state index >= 15 is 0 Å². The number of fused-ring (bicyclic) bond motifs is 2. The fourth-order valence-electron chi connectivity index (χ4n) is 3.20. The summed E-state index contributed by atoms with van der Waals surface area (Å²) in [4.78, 5) is 12.3. The van der Waals surface area contributed by atoms with Gasteiger partial charge in [0, 0.05) is 23.9 Å². The van der Waals surface area contributed by atoms with E-state index in [9.17, 15) is 4.79 Å². The number of rotatable bonds is 2. The fraction of sp³-hybridized carbons (Fsp3) is 0.467. The van der Waals surface area contributed by atoms with E-state index in [1.807, 2.05) is 10.7 Å². The zero-order valence-electron chi connectivity index (χ0n) is 11.3. The minimum Gasteiger partial charge on any atom is -0.459 e. The summed E-state index contributed by atoms with van der Waals surface area (Å²) in [6.45, 7) is 0.946. The molecule has 0 spiro atoms. The van der Waals surface area contributed by atoms with Gasteiger partial charge in [0.15, 0.2) is 11.6 Å². The second-order valence-electron chi connectivity index (χ2n) is 5.58. The maximum atomic E-state index is 12.3. The van der Waals surface area contributed by atoms with Crippen molar-refractivity contribution in [2.75, 3.05) is 5.32 Å². The molecule has 0 radical (unpaired) electrons. The predicted octanol–water partition coefficient (Wildman–Crippen LogP) is 2.55. The summed E-state index contributed by atoms with van der Waals surface area (Å²) in [5.41, 5.74) is 3.46. The van der Waals surface area contributed by atoms with Crippen LogP contribution in [0.1, 0.15) is 46.6 Å². The third kappa shape index (κ3) is 1.85. The number of nitrogens with zero attached hydrogens (tertiary/aromatic N) is 2. The third-order valence-corrected chi connectivity index (χ3v) is 4.22. The molecule has 2 aromatic rings. The number of carbonyl (C=O) groups is 1. The lowest BCUT2D eigenvalue weighted by atomic mass is 10.1. The number of nitrogens with one attached hydrogen (secondary N) is 1. The SMILES string of the molecule is O=C(Nc1cc2n(n1)CCCC2)c1occ2c1CCC2. The predicted molar refractivity (Wildman–Crippen MR) is 73.9 cm³/mol. The van der Waals surface area contributed by atoms with Gasteiger partial charge in [0.2, 0.25) is 0 Å². The maximum absolute atomic E-state index is 12.3. The summed E-state index contributed by atoms with van der Waals surface area (Å²) in [5.74, 6) is 0.919. The molecule has 1 aliphatic carbocycles. The molecule has 1 amide bonds. The minimum atomic E-state index is -0.177. The first-order valence-corrected chi connectivity index (χ1v) is 7.28. The summed E-state index contributed by atoms with van der Waals surface area (Å²) in [6.07, 6.45) is 8.19. The molecule has 104 valence electrons. The molecule has 4 rings (SSSR count). The normalized spacial score (nSPS) is 16.8. The Morgan fingerprint density at radius 3 is 3.10 bits per heavy atom. The van der Waals surface area contributed by atoms with Gasteiger partial charge in [0.05, 0.1) is 6.26 Å². The fourth-order valence-corrected chi connectivity index (χ4v) is 3.20. The third-order valence-electron chi connectivity index (χ3n) is 4.22. The van der Waals surface area contributed by atoms with Crippen LogP contribution in [0.3, 0.4) is 0 Å². The average molecular weight is 271 g/mol. The number of carbonyl (C=O) groups excluding carboxylic acids is 1. The molecular formula is C15H17N3O2. The van der Waals surface area contributed by atoms with Crippen LogP contribution in [0.25, 0.3) is 0 Å². The minimum absolute atomic E-state index is 0.177. The van der Waals surface area contributed by atoms with Crippen molar-refractivity contribution in [1.29, 1.82) is 0 Å². The van der Waals surface area contributed by atoms with E-state index in [1.165, 1.54) is 17.7 Å². The first-order chi connectivity index (χ1) is 9.81. The second kappa shape index (κ2) is 4.51. The van der Waals surface area contributed by atoms with Crippen molar-refractivity contribution >= 4 is 11.7 Å². The molecule has 0 aromatic carbocycles. The van der Waals surface area contributed by atoms with Gasteiger partial charge in [0.1, 0.15) is 0 Å². The smallest absolute Gasteiger partial charge is 0.292 e. The second-order valence-corrected chi connectivity index (χ2v) is 5.58. The van der Waals surface area contributed by atoms with Crippen molar-refractivity contribution in [3.8, 4) is 0 Å². The molecule has 0 unspecified atom stereocenters. The molecule has 3 heterocycles. The number of aryl methyl sites for hydroxylation is 3. The highest BCUT2D eigenvalue weighted by atomic mass is 16.3. The van der Waals surface area contributed by atoms with Crippen molar-refractivity contribution in [2.24, 2.45) is 0 Å². The van der Waals surface area contributed by atoms with Crippen LogP contribution in [-0.4, -0.2) is 15.7 Å². The number of hydrogen-bond acceptors (Lipinski definition) is 3. The molecular weight excluding hydrogens is 254 g/mol. The van der Waals surface area contributed by atoms with Gasteiger partial charge in [-0.05, 0) is 44.1 Å². The highest BCUT2D eigenvalue weighted by molar-refractivity contribution is 6.03. The van der Waals surface area contributed by atoms with E-state index in [-0.39, 0.29) is 5.91 Å². The van der Waals surface area contributed by atoms with Gasteiger partial charge in [-0.1, -0.05) is 0 Å². The first-order valence-electron chi connectivity index (χ1n) is 7.28. The molecule has 2 aromatic heterocycles. The van der Waals surface area contributed by atoms with Crippen molar-refractivity contribution < 1.29 is 9.21 Å². The molecule has 5 heteroatoms. The zero-order chi connectivity index (χ0) is 13.5. The van der Waals surface area contributed by atoms with Crippen molar-refractivity contribution in [1.82, 2.24) is 9.78 Å². The Bertz CT molecular complexity index is 645. The van der Waals surface area contributed by atoms with Gasteiger partial charge >= 0.3 is 0 Å². The Morgan fingerprint density at radius 2 is 2.20 bits per heavy atom. The Morgan fingerprint density at radius 1 is 1.25 bits per heavy atom. The van der Waals surface area contributed by atoms with Crippen LogP contribution in [0.5, 0.6) is 0 Å². The molecule has 1 aliphatic heterocycles. The molecule has 5 nitrogen and oxygen atoms in total. The van der Waals surface area contributed by atoms with Gasteiger partial charge in [-0.25, -0.2) is 0 Å². The quantitative estimate of drug-likeness (QED) is 0.913. The lowest BCUT2D eigenvalue weighted by Gasteiger charge is -2.11. The standard InChI is InChI=1S/C15H17N3O2/c19-15(14-12-6-3-4-10(12)9-20-14)16-13-8-11-5-1-2-7-18(11)17-13/h8-9H,1-7H2,(H,16,17,19). The van der Waals surface area contributed by atoms with E-state index in [2.05, 4.69) is 10.4 Å². The summed E-state index contributed by atoms with van der Waals surface area (Å²) < 4.78 is 7.42. The summed E-state index contributed by atoms with van der Waals surface area (Å²) >= 11 is 0. The molecule has 20 heavy (non-hydrogen) atoms. The Balaban J connectivity index is 1.56. The number of amides is 1. The number of furan rings is 1. The summed E-state index contributed by atoms with van der Waals surface area (Å²) in [6, 6.07) is 1.97. The van der Waals surface area contributed by atoms with E-state index in [0.717, 1.165) is 44.2 Å². The Labute approximate surface area is 117 Å². The van der Waals surface area contributed by atoms with Gasteiger partial charge in [-0.2, -0.15) is 5.10 Å². The van der Waals surface area contributed by atoms with Crippen LogP contribution in [-0.2, 0) is 25.8 Å². The molecule has 0 saturated heterocycles. The number of anilines is 1. The lowest BCUT2D eigenvalue weighted by Crippen LogP contribution is -2.14. The van der Waals surface area contributed by atoms with Gasteiger partial charge in [-0.15, -0.1) is 0 Å². The largest absolute Gasteiger partial charge is 0.459 e.